The molecule has 0 bridgehead atoms. The van der Waals surface area contributed by atoms with E-state index in [9.17, 15) is 5.11 Å². The number of hydrogen-bond acceptors (Lipinski definition) is 3. The zero-order valence-electron chi connectivity index (χ0n) is 12.6. The lowest BCUT2D eigenvalue weighted by Crippen LogP contribution is -2.47. The molecular formula is C16H32N2O. The molecule has 2 rings (SSSR count). The molecule has 0 aromatic carbocycles. The summed E-state index contributed by atoms with van der Waals surface area (Å²) < 4.78 is 0. The van der Waals surface area contributed by atoms with Crippen LogP contribution in [0.15, 0.2) is 0 Å². The van der Waals surface area contributed by atoms with Crippen LogP contribution in [0.4, 0.5) is 0 Å². The normalized spacial score (nSPS) is 33.8. The average Bonchev–Trinajstić information content (AvgIpc) is 2.43. The van der Waals surface area contributed by atoms with E-state index >= 15 is 0 Å². The van der Waals surface area contributed by atoms with Gasteiger partial charge in [-0.15, -0.1) is 0 Å². The van der Waals surface area contributed by atoms with Crippen molar-refractivity contribution in [2.24, 2.45) is 17.6 Å². The molecule has 3 heteroatoms. The maximum absolute atomic E-state index is 9.34. The van der Waals surface area contributed by atoms with Crippen molar-refractivity contribution in [2.45, 2.75) is 70.4 Å². The van der Waals surface area contributed by atoms with Crippen LogP contribution in [0.5, 0.6) is 0 Å². The molecule has 0 amide bonds. The number of nitrogens with zero attached hydrogens (tertiary/aromatic N) is 1. The number of aliphatic hydroxyl groups excluding tert-OH is 1. The molecule has 3 N–H and O–H groups in total. The van der Waals surface area contributed by atoms with Gasteiger partial charge in [-0.1, -0.05) is 26.2 Å². The van der Waals surface area contributed by atoms with Crippen LogP contribution in [0, 0.1) is 11.8 Å². The highest BCUT2D eigenvalue weighted by Crippen LogP contribution is 2.30. The zero-order valence-corrected chi connectivity index (χ0v) is 12.6. The second-order valence-corrected chi connectivity index (χ2v) is 6.85. The summed E-state index contributed by atoms with van der Waals surface area (Å²) >= 11 is 0. The molecule has 0 radical (unpaired) electrons. The first-order valence-corrected chi connectivity index (χ1v) is 8.31. The van der Waals surface area contributed by atoms with E-state index in [0.29, 0.717) is 18.0 Å². The standard InChI is InChI=1S/C16H32N2O/c1-13-7-8-16(17)14(11-13)12-18(9-10-19)15-5-3-2-4-6-15/h13-16,19H,2-12,17H2,1H3. The predicted molar refractivity (Wildman–Crippen MR) is 80.0 cm³/mol. The Morgan fingerprint density at radius 1 is 1.11 bits per heavy atom. The van der Waals surface area contributed by atoms with E-state index in [1.807, 2.05) is 0 Å². The molecular weight excluding hydrogens is 236 g/mol. The largest absolute Gasteiger partial charge is 0.395 e. The zero-order chi connectivity index (χ0) is 13.7. The molecule has 3 unspecified atom stereocenters. The van der Waals surface area contributed by atoms with E-state index < -0.39 is 0 Å². The van der Waals surface area contributed by atoms with Gasteiger partial charge in [-0.2, -0.15) is 0 Å². The fourth-order valence-corrected chi connectivity index (χ4v) is 4.03. The molecule has 0 spiro atoms. The Hall–Kier alpha value is -0.120. The van der Waals surface area contributed by atoms with Gasteiger partial charge in [0.05, 0.1) is 6.61 Å². The molecule has 0 aromatic rings. The van der Waals surface area contributed by atoms with E-state index in [2.05, 4.69) is 11.8 Å². The summed E-state index contributed by atoms with van der Waals surface area (Å²) in [5.74, 6) is 1.46. The van der Waals surface area contributed by atoms with Crippen LogP contribution >= 0.6 is 0 Å². The van der Waals surface area contributed by atoms with E-state index in [0.717, 1.165) is 19.0 Å². The van der Waals surface area contributed by atoms with Crippen LogP contribution in [-0.2, 0) is 0 Å². The van der Waals surface area contributed by atoms with Gasteiger partial charge in [-0.25, -0.2) is 0 Å². The van der Waals surface area contributed by atoms with Gasteiger partial charge in [0.25, 0.3) is 0 Å². The Bertz CT molecular complexity index is 253. The van der Waals surface area contributed by atoms with Crippen molar-refractivity contribution in [1.82, 2.24) is 4.90 Å². The van der Waals surface area contributed by atoms with E-state index in [-0.39, 0.29) is 6.61 Å². The van der Waals surface area contributed by atoms with Crippen molar-refractivity contribution in [3.63, 3.8) is 0 Å². The molecule has 2 aliphatic rings. The fraction of sp³-hybridized carbons (Fsp3) is 1.00. The maximum atomic E-state index is 9.34. The number of nitrogens with two attached hydrogens (primary N) is 1. The van der Waals surface area contributed by atoms with Crippen molar-refractivity contribution in [3.8, 4) is 0 Å². The highest BCUT2D eigenvalue weighted by Gasteiger charge is 2.30. The molecule has 2 saturated carbocycles. The Kier molecular flexibility index (Phi) is 6.11. The first kappa shape index (κ1) is 15.3. The minimum atomic E-state index is 0.286. The molecule has 0 aliphatic heterocycles. The monoisotopic (exact) mass is 268 g/mol. The maximum Gasteiger partial charge on any atom is 0.0558 e. The number of rotatable bonds is 5. The lowest BCUT2D eigenvalue weighted by molar-refractivity contribution is 0.0845. The fourth-order valence-electron chi connectivity index (χ4n) is 4.03. The first-order valence-electron chi connectivity index (χ1n) is 8.31. The summed E-state index contributed by atoms with van der Waals surface area (Å²) in [6.07, 6.45) is 10.5. The summed E-state index contributed by atoms with van der Waals surface area (Å²) in [6, 6.07) is 1.08. The highest BCUT2D eigenvalue weighted by molar-refractivity contribution is 4.85. The van der Waals surface area contributed by atoms with Crippen molar-refractivity contribution in [3.05, 3.63) is 0 Å². The van der Waals surface area contributed by atoms with Crippen LogP contribution in [-0.4, -0.2) is 41.8 Å². The number of hydrogen-bond donors (Lipinski definition) is 2. The van der Waals surface area contributed by atoms with Crippen LogP contribution in [0.2, 0.25) is 0 Å². The van der Waals surface area contributed by atoms with Gasteiger partial charge in [0, 0.05) is 25.2 Å². The third-order valence-electron chi connectivity index (χ3n) is 5.25. The second kappa shape index (κ2) is 7.61. The van der Waals surface area contributed by atoms with Gasteiger partial charge in [-0.3, -0.25) is 4.90 Å². The van der Waals surface area contributed by atoms with E-state index in [4.69, 9.17) is 5.73 Å². The molecule has 2 fully saturated rings. The van der Waals surface area contributed by atoms with Gasteiger partial charge in [-0.05, 0) is 43.9 Å². The Morgan fingerprint density at radius 3 is 2.53 bits per heavy atom. The van der Waals surface area contributed by atoms with Gasteiger partial charge < -0.3 is 10.8 Å². The third kappa shape index (κ3) is 4.44. The highest BCUT2D eigenvalue weighted by atomic mass is 16.3. The molecule has 3 atom stereocenters. The lowest BCUT2D eigenvalue weighted by Gasteiger charge is -2.40. The molecule has 19 heavy (non-hydrogen) atoms. The average molecular weight is 268 g/mol. The molecule has 3 nitrogen and oxygen atoms in total. The SMILES string of the molecule is CC1CCC(N)C(CN(CCO)C2CCCCC2)C1. The smallest absolute Gasteiger partial charge is 0.0558 e. The molecule has 0 heterocycles. The van der Waals surface area contributed by atoms with Gasteiger partial charge in [0.2, 0.25) is 0 Å². The van der Waals surface area contributed by atoms with E-state index in [1.165, 1.54) is 51.4 Å². The topological polar surface area (TPSA) is 49.5 Å². The van der Waals surface area contributed by atoms with E-state index in [1.54, 1.807) is 0 Å². The van der Waals surface area contributed by atoms with Crippen LogP contribution in [0.3, 0.4) is 0 Å². The summed E-state index contributed by atoms with van der Waals surface area (Å²) in [4.78, 5) is 2.54. The Balaban J connectivity index is 1.90. The predicted octanol–water partition coefficient (Wildman–Crippen LogP) is 2.38. The van der Waals surface area contributed by atoms with Gasteiger partial charge in [0.1, 0.15) is 0 Å². The van der Waals surface area contributed by atoms with Crippen LogP contribution in [0.1, 0.15) is 58.3 Å². The summed E-state index contributed by atoms with van der Waals surface area (Å²) in [7, 11) is 0. The van der Waals surface area contributed by atoms with Crippen molar-refractivity contribution in [1.29, 1.82) is 0 Å². The Morgan fingerprint density at radius 2 is 1.84 bits per heavy atom. The minimum absolute atomic E-state index is 0.286. The Labute approximate surface area is 118 Å². The van der Waals surface area contributed by atoms with Crippen LogP contribution < -0.4 is 5.73 Å². The first-order chi connectivity index (χ1) is 9.20. The molecule has 0 aromatic heterocycles. The number of aliphatic hydroxyl groups is 1. The lowest BCUT2D eigenvalue weighted by atomic mass is 9.78. The van der Waals surface area contributed by atoms with Gasteiger partial charge in [0.15, 0.2) is 0 Å². The third-order valence-corrected chi connectivity index (χ3v) is 5.25. The molecule has 2 aliphatic carbocycles. The van der Waals surface area contributed by atoms with Crippen LogP contribution in [0.25, 0.3) is 0 Å². The molecule has 0 saturated heterocycles. The quantitative estimate of drug-likeness (QED) is 0.805. The summed E-state index contributed by atoms with van der Waals surface area (Å²) in [6.45, 7) is 4.59. The molecule has 112 valence electrons. The summed E-state index contributed by atoms with van der Waals surface area (Å²) in [5, 5.41) is 9.34. The van der Waals surface area contributed by atoms with Crippen molar-refractivity contribution < 1.29 is 5.11 Å². The minimum Gasteiger partial charge on any atom is -0.395 e. The summed E-state index contributed by atoms with van der Waals surface area (Å²) in [5.41, 5.74) is 6.33. The van der Waals surface area contributed by atoms with Crippen molar-refractivity contribution >= 4 is 0 Å². The van der Waals surface area contributed by atoms with Crippen molar-refractivity contribution in [2.75, 3.05) is 19.7 Å². The van der Waals surface area contributed by atoms with Gasteiger partial charge >= 0.3 is 0 Å². The second-order valence-electron chi connectivity index (χ2n) is 6.85.